The summed E-state index contributed by atoms with van der Waals surface area (Å²) >= 11 is 0. The summed E-state index contributed by atoms with van der Waals surface area (Å²) < 4.78 is 15.2. The summed E-state index contributed by atoms with van der Waals surface area (Å²) in [6.45, 7) is 4.12. The normalized spacial score (nSPS) is 36.2. The van der Waals surface area contributed by atoms with Crippen LogP contribution >= 0.6 is 0 Å². The lowest BCUT2D eigenvalue weighted by atomic mass is 9.80. The Morgan fingerprint density at radius 3 is 2.47 bits per heavy atom. The van der Waals surface area contributed by atoms with Gasteiger partial charge in [0.2, 0.25) is 0 Å². The Labute approximate surface area is 102 Å². The molecule has 1 aromatic carbocycles. The van der Waals surface area contributed by atoms with E-state index in [2.05, 4.69) is 25.2 Å². The fourth-order valence-electron chi connectivity index (χ4n) is 3.55. The second kappa shape index (κ2) is 3.81. The molecule has 2 heteroatoms. The average Bonchev–Trinajstić information content (AvgIpc) is 2.62. The van der Waals surface area contributed by atoms with Crippen LogP contribution in [0.3, 0.4) is 0 Å². The van der Waals surface area contributed by atoms with Gasteiger partial charge in [0, 0.05) is 24.9 Å². The first-order valence-corrected chi connectivity index (χ1v) is 6.60. The molecule has 3 rings (SSSR count). The minimum absolute atomic E-state index is 0.388. The third-order valence-corrected chi connectivity index (χ3v) is 4.56. The van der Waals surface area contributed by atoms with Crippen LogP contribution < -0.4 is 5.32 Å². The molecule has 0 aromatic heterocycles. The number of hydrogen-bond acceptors (Lipinski definition) is 1. The predicted molar refractivity (Wildman–Crippen MR) is 67.9 cm³/mol. The van der Waals surface area contributed by atoms with Crippen molar-refractivity contribution in [3.8, 4) is 0 Å². The van der Waals surface area contributed by atoms with Crippen molar-refractivity contribution >= 4 is 0 Å². The van der Waals surface area contributed by atoms with E-state index in [9.17, 15) is 0 Å². The molecule has 2 saturated heterocycles. The Bertz CT molecular complexity index is 429. The number of fused-ring (bicyclic) bond motifs is 2. The second-order valence-electron chi connectivity index (χ2n) is 5.76. The predicted octanol–water partition coefficient (Wildman–Crippen LogP) is 3.38. The number of halogens is 1. The largest absolute Gasteiger partial charge is 0.311 e. The lowest BCUT2D eigenvalue weighted by molar-refractivity contribution is 0.0866. The fourth-order valence-corrected chi connectivity index (χ4v) is 3.55. The van der Waals surface area contributed by atoms with Gasteiger partial charge >= 0.3 is 0 Å². The molecule has 2 aliphatic rings. The summed E-state index contributed by atoms with van der Waals surface area (Å²) in [7, 11) is 0. The van der Waals surface area contributed by atoms with Crippen LogP contribution in [-0.2, 0) is 5.67 Å². The van der Waals surface area contributed by atoms with Gasteiger partial charge in [0.15, 0.2) is 0 Å². The standard InChI is InChI=1S/C15H20FN/c1-10-4-3-5-14(11(10)2)15(16)8-12-6-7-13(9-15)17-12/h3-5,12-13,17H,6-9H2,1-2H3. The van der Waals surface area contributed by atoms with Crippen LogP contribution in [0, 0.1) is 13.8 Å². The van der Waals surface area contributed by atoms with Crippen molar-refractivity contribution in [2.45, 2.75) is 57.3 Å². The van der Waals surface area contributed by atoms with Gasteiger partial charge in [-0.25, -0.2) is 4.39 Å². The highest BCUT2D eigenvalue weighted by Crippen LogP contribution is 2.45. The molecule has 2 bridgehead atoms. The molecule has 1 aromatic rings. The quantitative estimate of drug-likeness (QED) is 0.784. The lowest BCUT2D eigenvalue weighted by Gasteiger charge is -2.36. The minimum Gasteiger partial charge on any atom is -0.311 e. The number of benzene rings is 1. The molecule has 0 spiro atoms. The van der Waals surface area contributed by atoms with Gasteiger partial charge in [-0.1, -0.05) is 18.2 Å². The van der Waals surface area contributed by atoms with Gasteiger partial charge in [0.25, 0.3) is 0 Å². The number of nitrogens with one attached hydrogen (secondary N) is 1. The van der Waals surface area contributed by atoms with Gasteiger partial charge in [0.1, 0.15) is 5.67 Å². The summed E-state index contributed by atoms with van der Waals surface area (Å²) in [6.07, 6.45) is 3.57. The summed E-state index contributed by atoms with van der Waals surface area (Å²) in [6, 6.07) is 6.81. The van der Waals surface area contributed by atoms with E-state index in [0.717, 1.165) is 24.0 Å². The molecule has 2 unspecified atom stereocenters. The van der Waals surface area contributed by atoms with Crippen molar-refractivity contribution < 1.29 is 4.39 Å². The molecule has 0 radical (unpaired) electrons. The Morgan fingerprint density at radius 2 is 1.82 bits per heavy atom. The molecule has 2 aliphatic heterocycles. The monoisotopic (exact) mass is 233 g/mol. The topological polar surface area (TPSA) is 12.0 Å². The highest BCUT2D eigenvalue weighted by molar-refractivity contribution is 5.38. The van der Waals surface area contributed by atoms with Gasteiger partial charge in [-0.15, -0.1) is 0 Å². The van der Waals surface area contributed by atoms with Crippen LogP contribution in [-0.4, -0.2) is 12.1 Å². The van der Waals surface area contributed by atoms with Gasteiger partial charge in [-0.05, 0) is 43.4 Å². The van der Waals surface area contributed by atoms with Gasteiger partial charge in [-0.2, -0.15) is 0 Å². The number of alkyl halides is 1. The summed E-state index contributed by atoms with van der Waals surface area (Å²) in [5.74, 6) is 0. The molecule has 17 heavy (non-hydrogen) atoms. The first kappa shape index (κ1) is 11.2. The van der Waals surface area contributed by atoms with Crippen LogP contribution in [0.5, 0.6) is 0 Å². The molecule has 2 fully saturated rings. The highest BCUT2D eigenvalue weighted by Gasteiger charge is 2.45. The number of piperidine rings is 1. The van der Waals surface area contributed by atoms with Crippen molar-refractivity contribution in [1.29, 1.82) is 0 Å². The highest BCUT2D eigenvalue weighted by atomic mass is 19.1. The van der Waals surface area contributed by atoms with E-state index >= 15 is 4.39 Å². The Balaban J connectivity index is 2.00. The van der Waals surface area contributed by atoms with Crippen LogP contribution in [0.1, 0.15) is 42.4 Å². The van der Waals surface area contributed by atoms with Crippen molar-refractivity contribution in [3.05, 3.63) is 34.9 Å². The zero-order chi connectivity index (χ0) is 12.0. The van der Waals surface area contributed by atoms with Crippen LogP contribution in [0.25, 0.3) is 0 Å². The number of hydrogen-bond donors (Lipinski definition) is 1. The van der Waals surface area contributed by atoms with Crippen LogP contribution in [0.15, 0.2) is 18.2 Å². The summed E-state index contributed by atoms with van der Waals surface area (Å²) in [5.41, 5.74) is 2.16. The van der Waals surface area contributed by atoms with E-state index in [4.69, 9.17) is 0 Å². The maximum Gasteiger partial charge on any atom is 0.139 e. The van der Waals surface area contributed by atoms with Gasteiger partial charge in [0.05, 0.1) is 0 Å². The van der Waals surface area contributed by atoms with Crippen LogP contribution in [0.4, 0.5) is 4.39 Å². The molecule has 0 amide bonds. The summed E-state index contributed by atoms with van der Waals surface area (Å²) in [4.78, 5) is 0. The average molecular weight is 233 g/mol. The third-order valence-electron chi connectivity index (χ3n) is 4.56. The van der Waals surface area contributed by atoms with E-state index in [-0.39, 0.29) is 0 Å². The number of aryl methyl sites for hydroxylation is 1. The van der Waals surface area contributed by atoms with Crippen LogP contribution in [0.2, 0.25) is 0 Å². The van der Waals surface area contributed by atoms with Gasteiger partial charge in [-0.3, -0.25) is 0 Å². The van der Waals surface area contributed by atoms with Crippen molar-refractivity contribution in [1.82, 2.24) is 5.32 Å². The first-order chi connectivity index (χ1) is 8.08. The Kier molecular flexibility index (Phi) is 2.51. The Morgan fingerprint density at radius 1 is 1.18 bits per heavy atom. The number of rotatable bonds is 1. The molecular weight excluding hydrogens is 213 g/mol. The Hall–Kier alpha value is -0.890. The van der Waals surface area contributed by atoms with Crippen molar-refractivity contribution in [2.24, 2.45) is 0 Å². The van der Waals surface area contributed by atoms with E-state index in [0.29, 0.717) is 24.9 Å². The molecule has 1 N–H and O–H groups in total. The molecule has 1 nitrogen and oxygen atoms in total. The van der Waals surface area contributed by atoms with Gasteiger partial charge < -0.3 is 5.32 Å². The zero-order valence-corrected chi connectivity index (χ0v) is 10.6. The maximum atomic E-state index is 15.2. The van der Waals surface area contributed by atoms with Crippen molar-refractivity contribution in [2.75, 3.05) is 0 Å². The molecule has 2 heterocycles. The maximum absolute atomic E-state index is 15.2. The summed E-state index contributed by atoms with van der Waals surface area (Å²) in [5, 5.41) is 3.51. The molecule has 0 aliphatic carbocycles. The van der Waals surface area contributed by atoms with E-state index in [1.807, 2.05) is 12.1 Å². The van der Waals surface area contributed by atoms with Crippen molar-refractivity contribution in [3.63, 3.8) is 0 Å². The van der Waals surface area contributed by atoms with E-state index < -0.39 is 5.67 Å². The molecule has 0 saturated carbocycles. The minimum atomic E-state index is -1.10. The third kappa shape index (κ3) is 1.79. The molecular formula is C15H20FN. The lowest BCUT2D eigenvalue weighted by Crippen LogP contribution is -2.44. The fraction of sp³-hybridized carbons (Fsp3) is 0.600. The second-order valence-corrected chi connectivity index (χ2v) is 5.76. The molecule has 2 atom stereocenters. The molecule has 92 valence electrons. The first-order valence-electron chi connectivity index (χ1n) is 6.60. The van der Waals surface area contributed by atoms with E-state index in [1.54, 1.807) is 0 Å². The smallest absolute Gasteiger partial charge is 0.139 e. The van der Waals surface area contributed by atoms with E-state index in [1.165, 1.54) is 5.56 Å². The SMILES string of the molecule is Cc1cccc(C2(F)CC3CCC(C2)N3)c1C. The zero-order valence-electron chi connectivity index (χ0n) is 10.6.